The van der Waals surface area contributed by atoms with Gasteiger partial charge in [0.25, 0.3) is 0 Å². The predicted octanol–water partition coefficient (Wildman–Crippen LogP) is 0.339. The van der Waals surface area contributed by atoms with E-state index in [4.69, 9.17) is 5.11 Å². The number of amides is 2. The van der Waals surface area contributed by atoms with E-state index in [9.17, 15) is 9.59 Å². The monoisotopic (exact) mass is 255 g/mol. The number of nitrogens with one attached hydrogen (secondary N) is 1. The van der Waals surface area contributed by atoms with Crippen molar-refractivity contribution in [1.29, 1.82) is 0 Å². The molecule has 2 aliphatic heterocycles. The Kier molecular flexibility index (Phi) is 4.06. The number of carbonyl (C=O) groups excluding carboxylic acids is 1. The highest BCUT2D eigenvalue weighted by atomic mass is 16.4. The first kappa shape index (κ1) is 13.1. The molecule has 2 unspecified atom stereocenters. The standard InChI is InChI=1S/C12H21N3O3/c1-9-7-14-5-3-2-4-10(14)8-15(9)12(18)13-6-11(16)17/h9-10H,2-8H2,1H3,(H,13,18)(H,16,17). The average molecular weight is 255 g/mol. The number of urea groups is 1. The van der Waals surface area contributed by atoms with Gasteiger partial charge in [-0.15, -0.1) is 0 Å². The molecule has 2 saturated heterocycles. The number of carboxylic acids is 1. The van der Waals surface area contributed by atoms with Gasteiger partial charge in [-0.3, -0.25) is 9.69 Å². The van der Waals surface area contributed by atoms with Crippen molar-refractivity contribution in [3.63, 3.8) is 0 Å². The first-order valence-electron chi connectivity index (χ1n) is 6.58. The van der Waals surface area contributed by atoms with Crippen molar-refractivity contribution in [2.24, 2.45) is 0 Å². The highest BCUT2D eigenvalue weighted by Crippen LogP contribution is 2.23. The van der Waals surface area contributed by atoms with E-state index in [0.717, 1.165) is 19.5 Å². The number of piperazine rings is 1. The summed E-state index contributed by atoms with van der Waals surface area (Å²) in [5.41, 5.74) is 0. The Morgan fingerprint density at radius 3 is 2.83 bits per heavy atom. The van der Waals surface area contributed by atoms with Crippen molar-refractivity contribution in [3.8, 4) is 0 Å². The highest BCUT2D eigenvalue weighted by Gasteiger charge is 2.35. The largest absolute Gasteiger partial charge is 0.480 e. The van der Waals surface area contributed by atoms with Gasteiger partial charge in [0.2, 0.25) is 0 Å². The Labute approximate surface area is 107 Å². The molecule has 0 aliphatic carbocycles. The lowest BCUT2D eigenvalue weighted by Gasteiger charge is -2.47. The van der Waals surface area contributed by atoms with E-state index in [1.54, 1.807) is 4.90 Å². The van der Waals surface area contributed by atoms with E-state index < -0.39 is 5.97 Å². The SMILES string of the molecule is CC1CN2CCCCC2CN1C(=O)NCC(=O)O. The molecule has 0 spiro atoms. The maximum atomic E-state index is 11.9. The topological polar surface area (TPSA) is 72.9 Å². The minimum absolute atomic E-state index is 0.146. The fourth-order valence-corrected chi connectivity index (χ4v) is 2.89. The van der Waals surface area contributed by atoms with Crippen molar-refractivity contribution in [1.82, 2.24) is 15.1 Å². The zero-order chi connectivity index (χ0) is 13.1. The maximum absolute atomic E-state index is 11.9. The first-order valence-corrected chi connectivity index (χ1v) is 6.58. The molecule has 0 radical (unpaired) electrons. The molecule has 0 aromatic rings. The molecule has 2 amide bonds. The van der Waals surface area contributed by atoms with Gasteiger partial charge >= 0.3 is 12.0 Å². The van der Waals surface area contributed by atoms with Crippen LogP contribution in [-0.4, -0.2) is 65.2 Å². The number of rotatable bonds is 2. The zero-order valence-electron chi connectivity index (χ0n) is 10.8. The van der Waals surface area contributed by atoms with Crippen molar-refractivity contribution in [2.75, 3.05) is 26.2 Å². The molecule has 2 aliphatic rings. The summed E-state index contributed by atoms with van der Waals surface area (Å²) in [4.78, 5) is 26.6. The molecule has 2 heterocycles. The summed E-state index contributed by atoms with van der Waals surface area (Å²) in [5, 5.41) is 11.0. The Hall–Kier alpha value is -1.30. The number of nitrogens with zero attached hydrogens (tertiary/aromatic N) is 2. The third-order valence-electron chi connectivity index (χ3n) is 3.84. The van der Waals surface area contributed by atoms with E-state index in [0.29, 0.717) is 12.6 Å². The van der Waals surface area contributed by atoms with Crippen LogP contribution >= 0.6 is 0 Å². The third kappa shape index (κ3) is 2.93. The predicted molar refractivity (Wildman–Crippen MR) is 66.4 cm³/mol. The fourth-order valence-electron chi connectivity index (χ4n) is 2.89. The van der Waals surface area contributed by atoms with Gasteiger partial charge in [0.05, 0.1) is 0 Å². The van der Waals surface area contributed by atoms with Gasteiger partial charge in [-0.05, 0) is 26.3 Å². The van der Waals surface area contributed by atoms with Gasteiger partial charge in [0.15, 0.2) is 0 Å². The Bertz CT molecular complexity index is 335. The molecule has 2 rings (SSSR count). The molecule has 0 bridgehead atoms. The number of hydrogen-bond donors (Lipinski definition) is 2. The van der Waals surface area contributed by atoms with Crippen LogP contribution in [0.1, 0.15) is 26.2 Å². The molecule has 0 aromatic carbocycles. The fraction of sp³-hybridized carbons (Fsp3) is 0.833. The zero-order valence-corrected chi connectivity index (χ0v) is 10.8. The summed E-state index contributed by atoms with van der Waals surface area (Å²) in [6, 6.07) is 0.341. The summed E-state index contributed by atoms with van der Waals surface area (Å²) in [7, 11) is 0. The molecule has 2 atom stereocenters. The lowest BCUT2D eigenvalue weighted by molar-refractivity contribution is -0.135. The van der Waals surface area contributed by atoms with Crippen LogP contribution in [0.25, 0.3) is 0 Å². The molecular formula is C12H21N3O3. The van der Waals surface area contributed by atoms with Gasteiger partial charge in [-0.2, -0.15) is 0 Å². The van der Waals surface area contributed by atoms with E-state index in [2.05, 4.69) is 10.2 Å². The van der Waals surface area contributed by atoms with Crippen LogP contribution in [-0.2, 0) is 4.79 Å². The van der Waals surface area contributed by atoms with Gasteiger partial charge < -0.3 is 15.3 Å². The molecule has 0 aromatic heterocycles. The summed E-state index contributed by atoms with van der Waals surface area (Å²) < 4.78 is 0. The smallest absolute Gasteiger partial charge is 0.323 e. The number of carboxylic acid groups (broad SMARTS) is 1. The quantitative estimate of drug-likeness (QED) is 0.746. The van der Waals surface area contributed by atoms with Crippen LogP contribution in [0.15, 0.2) is 0 Å². The van der Waals surface area contributed by atoms with Gasteiger partial charge in [-0.1, -0.05) is 6.42 Å². The normalized spacial score (nSPS) is 28.6. The van der Waals surface area contributed by atoms with Crippen LogP contribution in [0.5, 0.6) is 0 Å². The van der Waals surface area contributed by atoms with Crippen LogP contribution in [0.4, 0.5) is 4.79 Å². The average Bonchev–Trinajstić information content (AvgIpc) is 2.35. The summed E-state index contributed by atoms with van der Waals surface area (Å²) in [6.07, 6.45) is 3.60. The van der Waals surface area contributed by atoms with Crippen molar-refractivity contribution >= 4 is 12.0 Å². The van der Waals surface area contributed by atoms with Gasteiger partial charge in [0.1, 0.15) is 6.54 Å². The van der Waals surface area contributed by atoms with E-state index in [1.165, 1.54) is 12.8 Å². The number of hydrogen-bond acceptors (Lipinski definition) is 3. The van der Waals surface area contributed by atoms with Gasteiger partial charge in [0, 0.05) is 25.2 Å². The molecule has 0 saturated carbocycles. The van der Waals surface area contributed by atoms with E-state index in [-0.39, 0.29) is 18.6 Å². The van der Waals surface area contributed by atoms with Gasteiger partial charge in [-0.25, -0.2) is 4.79 Å². The summed E-state index contributed by atoms with van der Waals surface area (Å²) in [5.74, 6) is -1.01. The number of piperidine rings is 1. The van der Waals surface area contributed by atoms with Crippen LogP contribution in [0.3, 0.4) is 0 Å². The number of aliphatic carboxylic acids is 1. The van der Waals surface area contributed by atoms with Crippen molar-refractivity contribution in [3.05, 3.63) is 0 Å². The molecule has 2 N–H and O–H groups in total. The van der Waals surface area contributed by atoms with Crippen LogP contribution in [0.2, 0.25) is 0 Å². The minimum atomic E-state index is -1.01. The first-order chi connectivity index (χ1) is 8.58. The van der Waals surface area contributed by atoms with Crippen LogP contribution < -0.4 is 5.32 Å². The molecule has 6 heteroatoms. The molecule has 6 nitrogen and oxygen atoms in total. The lowest BCUT2D eigenvalue weighted by atomic mass is 9.97. The minimum Gasteiger partial charge on any atom is -0.480 e. The molecular weight excluding hydrogens is 234 g/mol. The lowest BCUT2D eigenvalue weighted by Crippen LogP contribution is -2.61. The van der Waals surface area contributed by atoms with E-state index >= 15 is 0 Å². The second kappa shape index (κ2) is 5.56. The Morgan fingerprint density at radius 1 is 1.33 bits per heavy atom. The third-order valence-corrected chi connectivity index (χ3v) is 3.84. The van der Waals surface area contributed by atoms with Crippen molar-refractivity contribution < 1.29 is 14.7 Å². The van der Waals surface area contributed by atoms with Crippen LogP contribution in [0, 0.1) is 0 Å². The number of fused-ring (bicyclic) bond motifs is 1. The second-order valence-electron chi connectivity index (χ2n) is 5.20. The Morgan fingerprint density at radius 2 is 2.11 bits per heavy atom. The summed E-state index contributed by atoms with van der Waals surface area (Å²) in [6.45, 7) is 4.44. The molecule has 18 heavy (non-hydrogen) atoms. The highest BCUT2D eigenvalue weighted by molar-refractivity contribution is 5.80. The maximum Gasteiger partial charge on any atom is 0.323 e. The summed E-state index contributed by atoms with van der Waals surface area (Å²) >= 11 is 0. The Balaban J connectivity index is 1.91. The molecule has 102 valence electrons. The number of carbonyl (C=O) groups is 2. The van der Waals surface area contributed by atoms with Crippen molar-refractivity contribution in [2.45, 2.75) is 38.3 Å². The van der Waals surface area contributed by atoms with E-state index in [1.807, 2.05) is 6.92 Å². The second-order valence-corrected chi connectivity index (χ2v) is 5.20. The molecule has 2 fully saturated rings.